The number of pyridine rings is 1. The molecule has 1 aromatic carbocycles. The van der Waals surface area contributed by atoms with E-state index in [1.807, 2.05) is 19.1 Å². The van der Waals surface area contributed by atoms with Crippen molar-refractivity contribution in [1.82, 2.24) is 15.0 Å². The number of aliphatic hydroxyl groups excluding tert-OH is 1. The Kier molecular flexibility index (Phi) is 4.81. The van der Waals surface area contributed by atoms with Gasteiger partial charge in [0.25, 0.3) is 0 Å². The molecule has 0 spiro atoms. The van der Waals surface area contributed by atoms with Gasteiger partial charge in [0.2, 0.25) is 0 Å². The Labute approximate surface area is 157 Å². The van der Waals surface area contributed by atoms with Crippen LogP contribution in [0.1, 0.15) is 18.7 Å². The lowest BCUT2D eigenvalue weighted by molar-refractivity contribution is 0.145. The summed E-state index contributed by atoms with van der Waals surface area (Å²) in [5, 5.41) is 9.73. The fourth-order valence-corrected chi connectivity index (χ4v) is 3.34. The van der Waals surface area contributed by atoms with Crippen LogP contribution in [0.15, 0.2) is 48.8 Å². The number of nitrogens with zero attached hydrogens (tertiary/aromatic N) is 4. The molecular formula is C21H21FN4O. The summed E-state index contributed by atoms with van der Waals surface area (Å²) in [4.78, 5) is 15.7. The third-order valence-corrected chi connectivity index (χ3v) is 4.82. The molecular weight excluding hydrogens is 343 g/mol. The second-order valence-corrected chi connectivity index (χ2v) is 6.85. The van der Waals surface area contributed by atoms with Gasteiger partial charge >= 0.3 is 0 Å². The average molecular weight is 364 g/mol. The van der Waals surface area contributed by atoms with Gasteiger partial charge < -0.3 is 10.0 Å². The summed E-state index contributed by atoms with van der Waals surface area (Å²) in [5.41, 5.74) is 3.51. The number of anilines is 1. The zero-order chi connectivity index (χ0) is 18.8. The number of rotatable bonds is 3. The molecule has 0 atom stereocenters. The van der Waals surface area contributed by atoms with Gasteiger partial charge in [0.05, 0.1) is 11.8 Å². The van der Waals surface area contributed by atoms with E-state index < -0.39 is 0 Å². The second-order valence-electron chi connectivity index (χ2n) is 6.85. The molecule has 0 radical (unpaired) electrons. The van der Waals surface area contributed by atoms with Crippen LogP contribution < -0.4 is 4.90 Å². The number of hydrogen-bond acceptors (Lipinski definition) is 5. The van der Waals surface area contributed by atoms with Crippen LogP contribution >= 0.6 is 0 Å². The molecule has 3 heterocycles. The summed E-state index contributed by atoms with van der Waals surface area (Å²) < 4.78 is 13.2. The first-order valence-electron chi connectivity index (χ1n) is 9.08. The first-order valence-corrected chi connectivity index (χ1v) is 9.08. The Bertz CT molecular complexity index is 937. The van der Waals surface area contributed by atoms with E-state index in [-0.39, 0.29) is 11.9 Å². The highest BCUT2D eigenvalue weighted by atomic mass is 19.1. The molecule has 1 aliphatic heterocycles. The maximum absolute atomic E-state index is 13.2. The Morgan fingerprint density at radius 2 is 1.67 bits per heavy atom. The molecule has 138 valence electrons. The largest absolute Gasteiger partial charge is 0.393 e. The van der Waals surface area contributed by atoms with Crippen molar-refractivity contribution in [2.75, 3.05) is 18.0 Å². The molecule has 3 aromatic rings. The lowest BCUT2D eigenvalue weighted by Gasteiger charge is -2.30. The van der Waals surface area contributed by atoms with Gasteiger partial charge in [0, 0.05) is 42.7 Å². The molecule has 1 fully saturated rings. The van der Waals surface area contributed by atoms with Crippen LogP contribution in [0.4, 0.5) is 10.2 Å². The van der Waals surface area contributed by atoms with E-state index in [2.05, 4.69) is 19.9 Å². The maximum Gasteiger partial charge on any atom is 0.132 e. The van der Waals surface area contributed by atoms with Crippen molar-refractivity contribution in [3.05, 3.63) is 60.4 Å². The van der Waals surface area contributed by atoms with Crippen molar-refractivity contribution in [2.24, 2.45) is 0 Å². The topological polar surface area (TPSA) is 62.1 Å². The molecule has 0 amide bonds. The van der Waals surface area contributed by atoms with Crippen molar-refractivity contribution in [2.45, 2.75) is 25.9 Å². The van der Waals surface area contributed by atoms with Crippen molar-refractivity contribution in [3.8, 4) is 22.4 Å². The van der Waals surface area contributed by atoms with Gasteiger partial charge in [-0.3, -0.25) is 4.98 Å². The summed E-state index contributed by atoms with van der Waals surface area (Å²) in [5.74, 6) is 1.31. The molecule has 0 bridgehead atoms. The molecule has 6 heteroatoms. The smallest absolute Gasteiger partial charge is 0.132 e. The quantitative estimate of drug-likeness (QED) is 0.769. The first-order chi connectivity index (χ1) is 13.1. The summed E-state index contributed by atoms with van der Waals surface area (Å²) in [7, 11) is 0. The number of aryl methyl sites for hydroxylation is 1. The van der Waals surface area contributed by atoms with E-state index in [4.69, 9.17) is 0 Å². The number of benzene rings is 1. The number of aromatic nitrogens is 3. The highest BCUT2D eigenvalue weighted by Gasteiger charge is 2.19. The van der Waals surface area contributed by atoms with Gasteiger partial charge in [-0.25, -0.2) is 14.4 Å². The minimum atomic E-state index is -0.259. The zero-order valence-corrected chi connectivity index (χ0v) is 15.1. The molecule has 2 aromatic heterocycles. The number of hydrogen-bond donors (Lipinski definition) is 1. The molecule has 0 unspecified atom stereocenters. The summed E-state index contributed by atoms with van der Waals surface area (Å²) in [6.45, 7) is 3.44. The van der Waals surface area contributed by atoms with Crippen molar-refractivity contribution in [3.63, 3.8) is 0 Å². The van der Waals surface area contributed by atoms with Gasteiger partial charge in [-0.05, 0) is 43.5 Å². The summed E-state index contributed by atoms with van der Waals surface area (Å²) >= 11 is 0. The molecule has 0 saturated carbocycles. The summed E-state index contributed by atoms with van der Waals surface area (Å²) in [6.07, 6.45) is 4.82. The molecule has 1 saturated heterocycles. The van der Waals surface area contributed by atoms with Gasteiger partial charge in [-0.2, -0.15) is 0 Å². The van der Waals surface area contributed by atoms with Crippen LogP contribution in [0, 0.1) is 12.7 Å². The predicted molar refractivity (Wildman–Crippen MR) is 103 cm³/mol. The Morgan fingerprint density at radius 3 is 2.41 bits per heavy atom. The van der Waals surface area contributed by atoms with E-state index in [0.29, 0.717) is 5.82 Å². The molecule has 27 heavy (non-hydrogen) atoms. The van der Waals surface area contributed by atoms with Crippen LogP contribution in [0.25, 0.3) is 22.4 Å². The van der Waals surface area contributed by atoms with E-state index in [1.165, 1.54) is 12.1 Å². The fourth-order valence-electron chi connectivity index (χ4n) is 3.34. The molecule has 4 rings (SSSR count). The van der Waals surface area contributed by atoms with Gasteiger partial charge in [0.15, 0.2) is 0 Å². The summed E-state index contributed by atoms with van der Waals surface area (Å²) in [6, 6.07) is 10.3. The zero-order valence-electron chi connectivity index (χ0n) is 15.1. The van der Waals surface area contributed by atoms with Crippen LogP contribution in [0.5, 0.6) is 0 Å². The number of halogens is 1. The molecule has 5 nitrogen and oxygen atoms in total. The lowest BCUT2D eigenvalue weighted by atomic mass is 10.0. The van der Waals surface area contributed by atoms with Crippen LogP contribution in [-0.4, -0.2) is 39.3 Å². The highest BCUT2D eigenvalue weighted by molar-refractivity contribution is 5.71. The van der Waals surface area contributed by atoms with E-state index in [9.17, 15) is 9.50 Å². The highest BCUT2D eigenvalue weighted by Crippen LogP contribution is 2.27. The van der Waals surface area contributed by atoms with E-state index >= 15 is 0 Å². The predicted octanol–water partition coefficient (Wildman–Crippen LogP) is 3.61. The monoisotopic (exact) mass is 364 g/mol. The lowest BCUT2D eigenvalue weighted by Crippen LogP contribution is -2.36. The minimum absolute atomic E-state index is 0.222. The van der Waals surface area contributed by atoms with Crippen molar-refractivity contribution >= 4 is 5.82 Å². The number of aliphatic hydroxyl groups is 1. The Hall–Kier alpha value is -2.86. The SMILES string of the molecule is Cc1nc(-c2cncc(-c3ccc(F)cc3)c2)cc(N2CCC(O)CC2)n1. The van der Waals surface area contributed by atoms with Crippen molar-refractivity contribution in [1.29, 1.82) is 0 Å². The standard InChI is InChI=1S/C21H21FN4O/c1-14-24-20(11-21(25-14)26-8-6-19(27)7-9-26)17-10-16(12-23-13-17)15-2-4-18(22)5-3-15/h2-5,10-13,19,27H,6-9H2,1H3. The maximum atomic E-state index is 13.2. The first kappa shape index (κ1) is 17.5. The minimum Gasteiger partial charge on any atom is -0.393 e. The second kappa shape index (κ2) is 7.40. The van der Waals surface area contributed by atoms with Crippen LogP contribution in [0.2, 0.25) is 0 Å². The normalized spacial score (nSPS) is 15.1. The Morgan fingerprint density at radius 1 is 0.963 bits per heavy atom. The Balaban J connectivity index is 1.67. The van der Waals surface area contributed by atoms with Gasteiger partial charge in [-0.15, -0.1) is 0 Å². The molecule has 1 N–H and O–H groups in total. The average Bonchev–Trinajstić information content (AvgIpc) is 2.69. The third kappa shape index (κ3) is 3.95. The fraction of sp³-hybridized carbons (Fsp3) is 0.286. The molecule has 0 aliphatic carbocycles. The van der Waals surface area contributed by atoms with E-state index in [1.54, 1.807) is 24.5 Å². The van der Waals surface area contributed by atoms with Crippen LogP contribution in [0.3, 0.4) is 0 Å². The molecule has 1 aliphatic rings. The van der Waals surface area contributed by atoms with E-state index in [0.717, 1.165) is 54.1 Å². The van der Waals surface area contributed by atoms with Crippen molar-refractivity contribution < 1.29 is 9.50 Å². The number of piperidine rings is 1. The third-order valence-electron chi connectivity index (χ3n) is 4.82. The van der Waals surface area contributed by atoms with Gasteiger partial charge in [-0.1, -0.05) is 12.1 Å². The van der Waals surface area contributed by atoms with Crippen LogP contribution in [-0.2, 0) is 0 Å². The van der Waals surface area contributed by atoms with Gasteiger partial charge in [0.1, 0.15) is 17.5 Å².